The molecule has 4 nitrogen and oxygen atoms in total. The van der Waals surface area contributed by atoms with Crippen LogP contribution in [0.3, 0.4) is 0 Å². The molecule has 2 heterocycles. The zero-order valence-electron chi connectivity index (χ0n) is 9.52. The van der Waals surface area contributed by atoms with Crippen molar-refractivity contribution in [3.8, 4) is 11.5 Å². The Kier molecular flexibility index (Phi) is 2.94. The molecule has 0 unspecified atom stereocenters. The lowest BCUT2D eigenvalue weighted by Crippen LogP contribution is -2.00. The molecule has 0 saturated heterocycles. The quantitative estimate of drug-likeness (QED) is 0.923. The summed E-state index contributed by atoms with van der Waals surface area (Å²) in [5.41, 5.74) is 1.11. The van der Waals surface area contributed by atoms with E-state index in [0.717, 1.165) is 22.9 Å². The van der Waals surface area contributed by atoms with Gasteiger partial charge in [-0.2, -0.15) is 0 Å². The van der Waals surface area contributed by atoms with Crippen LogP contribution in [0.1, 0.15) is 5.56 Å². The maximum atomic E-state index is 5.77. The van der Waals surface area contributed by atoms with E-state index in [-0.39, 0.29) is 0 Å². The Hall–Kier alpha value is -1.94. The lowest BCUT2D eigenvalue weighted by Gasteiger charge is -2.06. The van der Waals surface area contributed by atoms with Gasteiger partial charge in [-0.15, -0.1) is 0 Å². The highest BCUT2D eigenvalue weighted by molar-refractivity contribution is 6.30. The maximum Gasteiger partial charge on any atom is 0.231 e. The number of rotatable bonds is 3. The van der Waals surface area contributed by atoms with Crippen molar-refractivity contribution >= 4 is 17.4 Å². The number of pyridine rings is 1. The number of hydrogen-bond acceptors (Lipinski definition) is 4. The van der Waals surface area contributed by atoms with Crippen molar-refractivity contribution in [3.63, 3.8) is 0 Å². The first-order valence-corrected chi connectivity index (χ1v) is 5.93. The molecule has 1 aliphatic rings. The van der Waals surface area contributed by atoms with Gasteiger partial charge in [0.25, 0.3) is 0 Å². The molecule has 0 saturated carbocycles. The molecular formula is C13H11ClN2O2. The fourth-order valence-corrected chi connectivity index (χ4v) is 1.84. The number of fused-ring (bicyclic) bond motifs is 1. The second-order valence-electron chi connectivity index (χ2n) is 3.90. The van der Waals surface area contributed by atoms with Gasteiger partial charge in [0.2, 0.25) is 6.79 Å². The second kappa shape index (κ2) is 4.74. The van der Waals surface area contributed by atoms with Gasteiger partial charge in [0.1, 0.15) is 5.82 Å². The van der Waals surface area contributed by atoms with Gasteiger partial charge < -0.3 is 14.8 Å². The topological polar surface area (TPSA) is 43.4 Å². The molecule has 1 aromatic carbocycles. The summed E-state index contributed by atoms with van der Waals surface area (Å²) < 4.78 is 10.6. The fourth-order valence-electron chi connectivity index (χ4n) is 1.72. The average Bonchev–Trinajstić information content (AvgIpc) is 2.85. The van der Waals surface area contributed by atoms with Crippen molar-refractivity contribution in [1.29, 1.82) is 0 Å². The maximum absolute atomic E-state index is 5.77. The summed E-state index contributed by atoms with van der Waals surface area (Å²) in [5, 5.41) is 3.84. The molecule has 0 spiro atoms. The smallest absolute Gasteiger partial charge is 0.231 e. The molecule has 0 aliphatic carbocycles. The molecule has 92 valence electrons. The van der Waals surface area contributed by atoms with Crippen LogP contribution in [0.4, 0.5) is 5.82 Å². The molecule has 0 amide bonds. The van der Waals surface area contributed by atoms with Crippen molar-refractivity contribution in [2.75, 3.05) is 12.1 Å². The summed E-state index contributed by atoms with van der Waals surface area (Å²) in [4.78, 5) is 4.17. The molecule has 3 rings (SSSR count). The zero-order valence-corrected chi connectivity index (χ0v) is 10.3. The molecule has 5 heteroatoms. The van der Waals surface area contributed by atoms with Crippen LogP contribution in [0.25, 0.3) is 0 Å². The predicted molar refractivity (Wildman–Crippen MR) is 69.1 cm³/mol. The van der Waals surface area contributed by atoms with E-state index in [1.807, 2.05) is 24.3 Å². The Morgan fingerprint density at radius 2 is 2.06 bits per heavy atom. The van der Waals surface area contributed by atoms with Gasteiger partial charge in [0.15, 0.2) is 11.5 Å². The van der Waals surface area contributed by atoms with Gasteiger partial charge in [-0.05, 0) is 29.8 Å². The molecule has 1 aliphatic heterocycles. The highest BCUT2D eigenvalue weighted by Gasteiger charge is 2.12. The fraction of sp³-hybridized carbons (Fsp3) is 0.154. The van der Waals surface area contributed by atoms with Crippen LogP contribution in [0, 0.1) is 0 Å². The minimum Gasteiger partial charge on any atom is -0.454 e. The monoisotopic (exact) mass is 262 g/mol. The van der Waals surface area contributed by atoms with E-state index in [1.165, 1.54) is 0 Å². The first-order chi connectivity index (χ1) is 8.81. The van der Waals surface area contributed by atoms with Gasteiger partial charge in [-0.1, -0.05) is 17.7 Å². The Balaban J connectivity index is 1.68. The Labute approximate surface area is 110 Å². The van der Waals surface area contributed by atoms with E-state index in [9.17, 15) is 0 Å². The summed E-state index contributed by atoms with van der Waals surface area (Å²) in [5.74, 6) is 2.37. The van der Waals surface area contributed by atoms with Crippen LogP contribution in [0.2, 0.25) is 5.02 Å². The highest BCUT2D eigenvalue weighted by Crippen LogP contribution is 2.32. The second-order valence-corrected chi connectivity index (χ2v) is 4.34. The first-order valence-electron chi connectivity index (χ1n) is 5.55. The molecule has 0 radical (unpaired) electrons. The number of hydrogen-bond donors (Lipinski definition) is 1. The summed E-state index contributed by atoms with van der Waals surface area (Å²) in [7, 11) is 0. The van der Waals surface area contributed by atoms with E-state index in [4.69, 9.17) is 21.1 Å². The molecular weight excluding hydrogens is 252 g/mol. The molecule has 1 aromatic heterocycles. The molecule has 0 fully saturated rings. The van der Waals surface area contributed by atoms with Crippen molar-refractivity contribution < 1.29 is 9.47 Å². The average molecular weight is 263 g/mol. The Morgan fingerprint density at radius 3 is 2.89 bits per heavy atom. The van der Waals surface area contributed by atoms with Crippen molar-refractivity contribution in [1.82, 2.24) is 4.98 Å². The molecule has 18 heavy (non-hydrogen) atoms. The van der Waals surface area contributed by atoms with E-state index in [2.05, 4.69) is 10.3 Å². The zero-order chi connectivity index (χ0) is 12.4. The lowest BCUT2D eigenvalue weighted by molar-refractivity contribution is 0.174. The molecule has 0 atom stereocenters. The van der Waals surface area contributed by atoms with Gasteiger partial charge in [0, 0.05) is 12.7 Å². The summed E-state index contributed by atoms with van der Waals surface area (Å²) in [6, 6.07) is 9.52. The Morgan fingerprint density at radius 1 is 1.17 bits per heavy atom. The van der Waals surface area contributed by atoms with E-state index in [1.54, 1.807) is 12.3 Å². The SMILES string of the molecule is Clc1ccc(NCc2ccc3c(c2)OCO3)nc1. The largest absolute Gasteiger partial charge is 0.454 e. The third-order valence-electron chi connectivity index (χ3n) is 2.64. The minimum atomic E-state index is 0.297. The van der Waals surface area contributed by atoms with Crippen LogP contribution >= 0.6 is 11.6 Å². The van der Waals surface area contributed by atoms with Crippen LogP contribution in [-0.2, 0) is 6.54 Å². The number of benzene rings is 1. The highest BCUT2D eigenvalue weighted by atomic mass is 35.5. The van der Waals surface area contributed by atoms with Crippen molar-refractivity contribution in [2.24, 2.45) is 0 Å². The van der Waals surface area contributed by atoms with Crippen molar-refractivity contribution in [2.45, 2.75) is 6.54 Å². The normalized spacial score (nSPS) is 12.5. The van der Waals surface area contributed by atoms with Crippen LogP contribution in [0.5, 0.6) is 11.5 Å². The number of nitrogens with one attached hydrogen (secondary N) is 1. The molecule has 2 aromatic rings. The third-order valence-corrected chi connectivity index (χ3v) is 2.86. The van der Waals surface area contributed by atoms with Crippen LogP contribution < -0.4 is 14.8 Å². The van der Waals surface area contributed by atoms with Crippen molar-refractivity contribution in [3.05, 3.63) is 47.1 Å². The molecule has 0 bridgehead atoms. The van der Waals surface area contributed by atoms with E-state index in [0.29, 0.717) is 18.4 Å². The van der Waals surface area contributed by atoms with E-state index < -0.39 is 0 Å². The van der Waals surface area contributed by atoms with Gasteiger partial charge in [0.05, 0.1) is 5.02 Å². The third kappa shape index (κ3) is 2.33. The number of nitrogens with zero attached hydrogens (tertiary/aromatic N) is 1. The lowest BCUT2D eigenvalue weighted by atomic mass is 10.2. The summed E-state index contributed by atoms with van der Waals surface area (Å²) >= 11 is 5.77. The number of ether oxygens (including phenoxy) is 2. The summed E-state index contributed by atoms with van der Waals surface area (Å²) in [6.45, 7) is 0.968. The number of halogens is 1. The first kappa shape index (κ1) is 11.2. The van der Waals surface area contributed by atoms with E-state index >= 15 is 0 Å². The number of aromatic nitrogens is 1. The Bertz CT molecular complexity index is 557. The standard InChI is InChI=1S/C13H11ClN2O2/c14-10-2-4-13(16-7-10)15-6-9-1-3-11-12(5-9)18-8-17-11/h1-5,7H,6,8H2,(H,15,16). The number of anilines is 1. The predicted octanol–water partition coefficient (Wildman–Crippen LogP) is 3.08. The van der Waals surface area contributed by atoms with Crippen LogP contribution in [0.15, 0.2) is 36.5 Å². The minimum absolute atomic E-state index is 0.297. The van der Waals surface area contributed by atoms with Crippen LogP contribution in [-0.4, -0.2) is 11.8 Å². The van der Waals surface area contributed by atoms with Gasteiger partial charge in [-0.3, -0.25) is 0 Å². The van der Waals surface area contributed by atoms with Gasteiger partial charge in [-0.25, -0.2) is 4.98 Å². The molecule has 1 N–H and O–H groups in total. The summed E-state index contributed by atoms with van der Waals surface area (Å²) in [6.07, 6.45) is 1.61. The van der Waals surface area contributed by atoms with Gasteiger partial charge >= 0.3 is 0 Å².